The standard InChI is InChI=1S/C17H15N3O2S/c1-2-4-13(5-3-1)14-10-23-17(20-19-14)18-9-12-6-7-15-16(8-12)22-11-21-15/h1-8,10,19H,9,11H2,(H,18,20). The van der Waals surface area contributed by atoms with Crippen molar-refractivity contribution in [3.63, 3.8) is 0 Å². The normalized spacial score (nSPS) is 17.4. The van der Waals surface area contributed by atoms with Crippen LogP contribution in [0.3, 0.4) is 0 Å². The summed E-state index contributed by atoms with van der Waals surface area (Å²) in [6.45, 7) is 0.879. The van der Waals surface area contributed by atoms with E-state index >= 15 is 0 Å². The molecule has 2 N–H and O–H groups in total. The van der Waals surface area contributed by atoms with Crippen LogP contribution in [0.5, 0.6) is 11.5 Å². The molecule has 0 unspecified atom stereocenters. The summed E-state index contributed by atoms with van der Waals surface area (Å²) in [5.74, 6) is 1.58. The fraction of sp³-hybridized carbons (Fsp3) is 0.118. The second-order valence-corrected chi connectivity index (χ2v) is 5.93. The highest BCUT2D eigenvalue weighted by Gasteiger charge is 2.13. The molecule has 2 aromatic rings. The Kier molecular flexibility index (Phi) is 3.81. The molecule has 4 rings (SSSR count). The molecule has 0 aromatic heterocycles. The fourth-order valence-electron chi connectivity index (χ4n) is 2.33. The van der Waals surface area contributed by atoms with Gasteiger partial charge in [0.1, 0.15) is 0 Å². The topological polar surface area (TPSA) is 54.9 Å². The van der Waals surface area contributed by atoms with Gasteiger partial charge in [0, 0.05) is 5.41 Å². The van der Waals surface area contributed by atoms with Crippen LogP contribution < -0.4 is 20.3 Å². The van der Waals surface area contributed by atoms with E-state index in [0.717, 1.165) is 33.5 Å². The van der Waals surface area contributed by atoms with Gasteiger partial charge in [-0.3, -0.25) is 15.8 Å². The van der Waals surface area contributed by atoms with E-state index in [0.29, 0.717) is 13.3 Å². The number of nitrogens with zero attached hydrogens (tertiary/aromatic N) is 1. The molecule has 0 amide bonds. The number of fused-ring (bicyclic) bond motifs is 1. The highest BCUT2D eigenvalue weighted by Crippen LogP contribution is 2.32. The number of rotatable bonds is 3. The molecule has 0 saturated carbocycles. The van der Waals surface area contributed by atoms with Gasteiger partial charge in [0.05, 0.1) is 12.2 Å². The van der Waals surface area contributed by atoms with Crippen LogP contribution in [-0.2, 0) is 6.54 Å². The Balaban J connectivity index is 1.42. The number of ether oxygens (including phenoxy) is 2. The van der Waals surface area contributed by atoms with E-state index in [-0.39, 0.29) is 0 Å². The zero-order chi connectivity index (χ0) is 15.5. The van der Waals surface area contributed by atoms with Gasteiger partial charge in [-0.2, -0.15) is 0 Å². The maximum Gasteiger partial charge on any atom is 0.231 e. The first-order chi connectivity index (χ1) is 11.4. The Hall–Kier alpha value is -2.60. The van der Waals surface area contributed by atoms with Gasteiger partial charge in [-0.05, 0) is 23.3 Å². The minimum absolute atomic E-state index is 0.293. The second kappa shape index (κ2) is 6.26. The molecule has 0 bridgehead atoms. The average Bonchev–Trinajstić information content (AvgIpc) is 3.09. The summed E-state index contributed by atoms with van der Waals surface area (Å²) in [6.07, 6.45) is 0. The smallest absolute Gasteiger partial charge is 0.231 e. The molecule has 5 nitrogen and oxygen atoms in total. The lowest BCUT2D eigenvalue weighted by molar-refractivity contribution is 0.174. The lowest BCUT2D eigenvalue weighted by Crippen LogP contribution is -2.36. The monoisotopic (exact) mass is 325 g/mol. The molecule has 0 radical (unpaired) electrons. The minimum atomic E-state index is 0.293. The Morgan fingerprint density at radius 1 is 1.00 bits per heavy atom. The first-order valence-corrected chi connectivity index (χ1v) is 8.14. The van der Waals surface area contributed by atoms with Gasteiger partial charge in [0.2, 0.25) is 6.79 Å². The number of nitrogens with one attached hydrogen (secondary N) is 2. The molecule has 116 valence electrons. The number of benzene rings is 2. The first kappa shape index (κ1) is 14.0. The maximum absolute atomic E-state index is 5.38. The highest BCUT2D eigenvalue weighted by molar-refractivity contribution is 8.16. The summed E-state index contributed by atoms with van der Waals surface area (Å²) in [5.41, 5.74) is 9.57. The quantitative estimate of drug-likeness (QED) is 0.908. The highest BCUT2D eigenvalue weighted by atomic mass is 32.2. The van der Waals surface area contributed by atoms with Gasteiger partial charge in [-0.1, -0.05) is 48.2 Å². The van der Waals surface area contributed by atoms with Crippen molar-refractivity contribution in [3.05, 3.63) is 65.1 Å². The first-order valence-electron chi connectivity index (χ1n) is 7.26. The zero-order valence-corrected chi connectivity index (χ0v) is 13.1. The van der Waals surface area contributed by atoms with Crippen molar-refractivity contribution in [2.75, 3.05) is 6.79 Å². The predicted molar refractivity (Wildman–Crippen MR) is 92.0 cm³/mol. The van der Waals surface area contributed by atoms with Crippen LogP contribution in [0.1, 0.15) is 11.1 Å². The minimum Gasteiger partial charge on any atom is -0.454 e. The maximum atomic E-state index is 5.38. The molecule has 2 heterocycles. The van der Waals surface area contributed by atoms with Gasteiger partial charge in [-0.15, -0.1) is 0 Å². The molecule has 23 heavy (non-hydrogen) atoms. The summed E-state index contributed by atoms with van der Waals surface area (Å²) in [5, 5.41) is 2.90. The molecule has 2 aromatic carbocycles. The van der Waals surface area contributed by atoms with Crippen LogP contribution in [0.2, 0.25) is 0 Å². The van der Waals surface area contributed by atoms with Crippen LogP contribution in [0.25, 0.3) is 5.70 Å². The van der Waals surface area contributed by atoms with Gasteiger partial charge in [-0.25, -0.2) is 0 Å². The summed E-state index contributed by atoms with van der Waals surface area (Å²) < 4.78 is 10.7. The molecule has 0 atom stereocenters. The molecule has 6 heteroatoms. The second-order valence-electron chi connectivity index (χ2n) is 5.07. The van der Waals surface area contributed by atoms with E-state index in [9.17, 15) is 0 Å². The molecule has 0 fully saturated rings. The van der Waals surface area contributed by atoms with Crippen molar-refractivity contribution in [1.82, 2.24) is 10.9 Å². The largest absolute Gasteiger partial charge is 0.454 e. The third-order valence-electron chi connectivity index (χ3n) is 3.52. The molecule has 2 aliphatic heterocycles. The molecule has 0 spiro atoms. The molecule has 2 aliphatic rings. The Morgan fingerprint density at radius 2 is 1.87 bits per heavy atom. The third-order valence-corrected chi connectivity index (χ3v) is 4.33. The van der Waals surface area contributed by atoms with Crippen LogP contribution in [-0.4, -0.2) is 12.0 Å². The Bertz CT molecular complexity index is 775. The summed E-state index contributed by atoms with van der Waals surface area (Å²) in [7, 11) is 0. The number of hydrogen-bond donors (Lipinski definition) is 2. The van der Waals surface area contributed by atoms with Crippen LogP contribution in [0, 0.1) is 0 Å². The van der Waals surface area contributed by atoms with Gasteiger partial charge in [0.25, 0.3) is 0 Å². The van der Waals surface area contributed by atoms with Gasteiger partial charge in [0.15, 0.2) is 16.7 Å². The SMILES string of the molecule is C1=C(c2ccccc2)NNC(=NCc2ccc3c(c2)OCO3)S1. The van der Waals surface area contributed by atoms with E-state index in [1.54, 1.807) is 11.8 Å². The van der Waals surface area contributed by atoms with Crippen LogP contribution >= 0.6 is 11.8 Å². The van der Waals surface area contributed by atoms with Gasteiger partial charge >= 0.3 is 0 Å². The number of aliphatic imine (C=N–C) groups is 1. The molecular formula is C17H15N3O2S. The number of hydrogen-bond acceptors (Lipinski definition) is 5. The number of amidine groups is 1. The van der Waals surface area contributed by atoms with Crippen molar-refractivity contribution in [1.29, 1.82) is 0 Å². The molecule has 0 aliphatic carbocycles. The fourth-order valence-corrected chi connectivity index (χ4v) is 3.01. The molecule has 0 saturated heterocycles. The van der Waals surface area contributed by atoms with Crippen molar-refractivity contribution < 1.29 is 9.47 Å². The van der Waals surface area contributed by atoms with Crippen LogP contribution in [0.15, 0.2) is 58.9 Å². The van der Waals surface area contributed by atoms with Crippen molar-refractivity contribution >= 4 is 22.6 Å². The lowest BCUT2D eigenvalue weighted by Gasteiger charge is -2.19. The van der Waals surface area contributed by atoms with E-state index in [4.69, 9.17) is 9.47 Å². The summed E-state index contributed by atoms with van der Waals surface area (Å²) in [4.78, 5) is 4.57. The van der Waals surface area contributed by atoms with E-state index in [1.807, 2.05) is 36.4 Å². The van der Waals surface area contributed by atoms with E-state index in [1.165, 1.54) is 0 Å². The number of thioether (sulfide) groups is 1. The van der Waals surface area contributed by atoms with Crippen molar-refractivity contribution in [2.45, 2.75) is 6.54 Å². The zero-order valence-electron chi connectivity index (χ0n) is 12.3. The average molecular weight is 325 g/mol. The van der Waals surface area contributed by atoms with E-state index in [2.05, 4.69) is 33.4 Å². The van der Waals surface area contributed by atoms with Gasteiger partial charge < -0.3 is 9.47 Å². The van der Waals surface area contributed by atoms with Crippen LogP contribution in [0.4, 0.5) is 0 Å². The third kappa shape index (κ3) is 3.12. The summed E-state index contributed by atoms with van der Waals surface area (Å²) in [6, 6.07) is 16.1. The Labute approximate surface area is 138 Å². The molecular weight excluding hydrogens is 310 g/mol. The predicted octanol–water partition coefficient (Wildman–Crippen LogP) is 3.11. The van der Waals surface area contributed by atoms with Crippen molar-refractivity contribution in [2.24, 2.45) is 4.99 Å². The van der Waals surface area contributed by atoms with E-state index < -0.39 is 0 Å². The lowest BCUT2D eigenvalue weighted by atomic mass is 10.2. The van der Waals surface area contributed by atoms with Crippen molar-refractivity contribution in [3.8, 4) is 11.5 Å². The summed E-state index contributed by atoms with van der Waals surface area (Å²) >= 11 is 1.57. The number of hydrazine groups is 1. The Morgan fingerprint density at radius 3 is 2.70 bits per heavy atom.